The molecule has 0 aliphatic carbocycles. The summed E-state index contributed by atoms with van der Waals surface area (Å²) in [7, 11) is 0. The molecule has 0 bridgehead atoms. The summed E-state index contributed by atoms with van der Waals surface area (Å²) in [4.78, 5) is 33.4. The first-order valence-electron chi connectivity index (χ1n) is 10.4. The Morgan fingerprint density at radius 1 is 1.00 bits per heavy atom. The summed E-state index contributed by atoms with van der Waals surface area (Å²) in [6.07, 6.45) is -3.04. The topological polar surface area (TPSA) is 90.9 Å². The smallest absolute Gasteiger partial charge is 0.463 e. The van der Waals surface area contributed by atoms with Gasteiger partial charge in [0.2, 0.25) is 0 Å². The van der Waals surface area contributed by atoms with Crippen LogP contribution in [0.5, 0.6) is 0 Å². The first-order valence-corrected chi connectivity index (χ1v) is 11.4. The SMILES string of the molecule is CC(=O)OCC1OC(SCCCCCCNC(=O)C(F)(F)F)C(C)C(C)C1OC(C)=O. The highest BCUT2D eigenvalue weighted by Crippen LogP contribution is 2.38. The van der Waals surface area contributed by atoms with Crippen LogP contribution in [0.3, 0.4) is 0 Å². The molecule has 7 nitrogen and oxygen atoms in total. The van der Waals surface area contributed by atoms with Gasteiger partial charge in [-0.2, -0.15) is 13.2 Å². The van der Waals surface area contributed by atoms with Crippen molar-refractivity contribution in [3.63, 3.8) is 0 Å². The molecule has 0 aromatic carbocycles. The molecule has 1 rings (SSSR count). The molecule has 1 N–H and O–H groups in total. The fourth-order valence-electron chi connectivity index (χ4n) is 3.24. The molecule has 180 valence electrons. The highest BCUT2D eigenvalue weighted by atomic mass is 32.2. The zero-order valence-electron chi connectivity index (χ0n) is 18.3. The zero-order chi connectivity index (χ0) is 23.6. The molecule has 1 heterocycles. The number of unbranched alkanes of at least 4 members (excludes halogenated alkanes) is 3. The van der Waals surface area contributed by atoms with Gasteiger partial charge in [0.1, 0.15) is 24.3 Å². The quantitative estimate of drug-likeness (QED) is 0.365. The van der Waals surface area contributed by atoms with E-state index in [-0.39, 0.29) is 30.4 Å². The van der Waals surface area contributed by atoms with Crippen LogP contribution in [0.1, 0.15) is 53.4 Å². The predicted octanol–water partition coefficient (Wildman–Crippen LogP) is 3.45. The number of alkyl halides is 3. The van der Waals surface area contributed by atoms with Gasteiger partial charge in [-0.1, -0.05) is 26.7 Å². The van der Waals surface area contributed by atoms with Crippen molar-refractivity contribution in [3.8, 4) is 0 Å². The maximum absolute atomic E-state index is 12.1. The molecule has 1 fully saturated rings. The Labute approximate surface area is 185 Å². The average molecular weight is 472 g/mol. The van der Waals surface area contributed by atoms with Crippen LogP contribution in [0.4, 0.5) is 13.2 Å². The summed E-state index contributed by atoms with van der Waals surface area (Å²) in [5.41, 5.74) is -0.159. The van der Waals surface area contributed by atoms with E-state index in [1.807, 2.05) is 19.2 Å². The van der Waals surface area contributed by atoms with E-state index in [2.05, 4.69) is 0 Å². The van der Waals surface area contributed by atoms with E-state index in [1.165, 1.54) is 13.8 Å². The lowest BCUT2D eigenvalue weighted by molar-refractivity contribution is -0.191. The third-order valence-corrected chi connectivity index (χ3v) is 6.49. The van der Waals surface area contributed by atoms with Crippen molar-refractivity contribution in [2.75, 3.05) is 18.9 Å². The third-order valence-electron chi connectivity index (χ3n) is 5.10. The van der Waals surface area contributed by atoms with Crippen molar-refractivity contribution in [1.29, 1.82) is 0 Å². The van der Waals surface area contributed by atoms with E-state index in [0.717, 1.165) is 18.6 Å². The largest absolute Gasteiger partial charge is 0.471 e. The van der Waals surface area contributed by atoms with E-state index in [0.29, 0.717) is 12.8 Å². The monoisotopic (exact) mass is 471 g/mol. The average Bonchev–Trinajstić information content (AvgIpc) is 2.66. The van der Waals surface area contributed by atoms with Crippen LogP contribution < -0.4 is 5.32 Å². The molecule has 11 heteroatoms. The van der Waals surface area contributed by atoms with Gasteiger partial charge in [0.25, 0.3) is 0 Å². The van der Waals surface area contributed by atoms with Gasteiger partial charge in [0, 0.05) is 26.3 Å². The van der Waals surface area contributed by atoms with Crippen molar-refractivity contribution in [1.82, 2.24) is 5.32 Å². The Kier molecular flexibility index (Phi) is 11.7. The number of thioether (sulfide) groups is 1. The van der Waals surface area contributed by atoms with Gasteiger partial charge in [-0.05, 0) is 24.5 Å². The number of rotatable bonds is 11. The van der Waals surface area contributed by atoms with Gasteiger partial charge in [-0.3, -0.25) is 14.4 Å². The number of esters is 2. The lowest BCUT2D eigenvalue weighted by Gasteiger charge is -2.43. The molecule has 0 aromatic heterocycles. The first-order chi connectivity index (χ1) is 14.4. The maximum atomic E-state index is 12.1. The van der Waals surface area contributed by atoms with Crippen LogP contribution >= 0.6 is 11.8 Å². The summed E-state index contributed by atoms with van der Waals surface area (Å²) in [6.45, 7) is 6.63. The molecule has 31 heavy (non-hydrogen) atoms. The van der Waals surface area contributed by atoms with Crippen LogP contribution in [0, 0.1) is 11.8 Å². The number of halogens is 3. The number of carbonyl (C=O) groups is 3. The highest BCUT2D eigenvalue weighted by Gasteiger charge is 2.44. The van der Waals surface area contributed by atoms with Gasteiger partial charge in [0.15, 0.2) is 0 Å². The Hall–Kier alpha value is -1.49. The number of amides is 1. The molecule has 0 radical (unpaired) electrons. The van der Waals surface area contributed by atoms with Gasteiger partial charge >= 0.3 is 24.0 Å². The summed E-state index contributed by atoms with van der Waals surface area (Å²) in [5, 5.41) is 1.86. The number of carbonyl (C=O) groups excluding carboxylic acids is 3. The minimum atomic E-state index is -4.84. The lowest BCUT2D eigenvalue weighted by atomic mass is 9.85. The van der Waals surface area contributed by atoms with Crippen LogP contribution in [0.15, 0.2) is 0 Å². The standard InChI is InChI=1S/C20H32F3NO6S/c1-12-13(2)18(30-16(11-28-14(3)25)17(12)29-15(4)26)31-10-8-6-5-7-9-24-19(27)20(21,22)23/h12-13,16-18H,5-11H2,1-4H3,(H,24,27). The molecule has 0 aromatic rings. The summed E-state index contributed by atoms with van der Waals surface area (Å²) in [5.74, 6) is -1.87. The highest BCUT2D eigenvalue weighted by molar-refractivity contribution is 7.99. The van der Waals surface area contributed by atoms with Crippen molar-refractivity contribution >= 4 is 29.6 Å². The van der Waals surface area contributed by atoms with Crippen molar-refractivity contribution < 1.29 is 41.8 Å². The van der Waals surface area contributed by atoms with Gasteiger partial charge in [-0.25, -0.2) is 0 Å². The molecule has 1 aliphatic rings. The Bertz CT molecular complexity index is 604. The van der Waals surface area contributed by atoms with Crippen molar-refractivity contribution in [2.24, 2.45) is 11.8 Å². The number of hydrogen-bond acceptors (Lipinski definition) is 7. The summed E-state index contributed by atoms with van der Waals surface area (Å²) < 4.78 is 52.9. The van der Waals surface area contributed by atoms with Crippen molar-refractivity contribution in [2.45, 2.75) is 77.2 Å². The first kappa shape index (κ1) is 27.5. The zero-order valence-corrected chi connectivity index (χ0v) is 19.1. The van der Waals surface area contributed by atoms with E-state index in [1.54, 1.807) is 11.8 Å². The fourth-order valence-corrected chi connectivity index (χ4v) is 4.62. The molecule has 0 spiro atoms. The minimum Gasteiger partial charge on any atom is -0.463 e. The second kappa shape index (κ2) is 13.1. The summed E-state index contributed by atoms with van der Waals surface area (Å²) in [6, 6.07) is 0. The molecule has 5 atom stereocenters. The molecule has 1 saturated heterocycles. The van der Waals surface area contributed by atoms with Crippen molar-refractivity contribution in [3.05, 3.63) is 0 Å². The molecule has 1 aliphatic heterocycles. The van der Waals surface area contributed by atoms with Crippen LogP contribution in [0.25, 0.3) is 0 Å². The molecular formula is C20H32F3NO6S. The number of nitrogens with one attached hydrogen (secondary N) is 1. The van der Waals surface area contributed by atoms with Crippen LogP contribution in [0.2, 0.25) is 0 Å². The van der Waals surface area contributed by atoms with Crippen LogP contribution in [-0.2, 0) is 28.6 Å². The molecule has 1 amide bonds. The molecule has 0 saturated carbocycles. The van der Waals surface area contributed by atoms with Gasteiger partial charge < -0.3 is 19.5 Å². The molecular weight excluding hydrogens is 439 g/mol. The minimum absolute atomic E-state index is 0.00113. The normalized spacial score (nSPS) is 26.2. The third kappa shape index (κ3) is 10.1. The van der Waals surface area contributed by atoms with E-state index >= 15 is 0 Å². The van der Waals surface area contributed by atoms with E-state index in [9.17, 15) is 27.6 Å². The van der Waals surface area contributed by atoms with E-state index < -0.39 is 36.2 Å². The number of ether oxygens (including phenoxy) is 3. The predicted molar refractivity (Wildman–Crippen MR) is 109 cm³/mol. The van der Waals surface area contributed by atoms with Gasteiger partial charge in [-0.15, -0.1) is 11.8 Å². The molecule has 5 unspecified atom stereocenters. The Morgan fingerprint density at radius 3 is 2.23 bits per heavy atom. The Balaban J connectivity index is 2.39. The second-order valence-electron chi connectivity index (χ2n) is 7.68. The lowest BCUT2D eigenvalue weighted by Crippen LogP contribution is -2.52. The maximum Gasteiger partial charge on any atom is 0.471 e. The second-order valence-corrected chi connectivity index (χ2v) is 8.88. The van der Waals surface area contributed by atoms with Crippen LogP contribution in [-0.4, -0.2) is 60.6 Å². The number of hydrogen-bond donors (Lipinski definition) is 1. The van der Waals surface area contributed by atoms with Gasteiger partial charge in [0.05, 0.1) is 0 Å². The van der Waals surface area contributed by atoms with E-state index in [4.69, 9.17) is 14.2 Å². The Morgan fingerprint density at radius 2 is 1.65 bits per heavy atom. The fraction of sp³-hybridized carbons (Fsp3) is 0.850. The summed E-state index contributed by atoms with van der Waals surface area (Å²) >= 11 is 1.62.